The minimum atomic E-state index is -0.0475. The van der Waals surface area contributed by atoms with Gasteiger partial charge in [0.25, 0.3) is 0 Å². The number of hydrogen-bond donors (Lipinski definition) is 1. The lowest BCUT2D eigenvalue weighted by Gasteiger charge is -2.31. The smallest absolute Gasteiger partial charge is 0.168 e. The number of unbranched alkanes of at least 4 members (excludes halogenated alkanes) is 4. The highest BCUT2D eigenvalue weighted by molar-refractivity contribution is 6.24. The van der Waals surface area contributed by atoms with Crippen molar-refractivity contribution in [3.05, 3.63) is 11.3 Å². The Labute approximate surface area is 135 Å². The van der Waals surface area contributed by atoms with Crippen molar-refractivity contribution in [1.29, 1.82) is 0 Å². The van der Waals surface area contributed by atoms with E-state index in [1.165, 1.54) is 25.7 Å². The van der Waals surface area contributed by atoms with Crippen LogP contribution in [0.15, 0.2) is 16.3 Å². The van der Waals surface area contributed by atoms with Gasteiger partial charge in [0.1, 0.15) is 5.76 Å². The van der Waals surface area contributed by atoms with E-state index in [2.05, 4.69) is 25.8 Å². The van der Waals surface area contributed by atoms with Crippen LogP contribution in [0, 0.1) is 5.41 Å². The molecule has 1 rings (SSSR count). The Morgan fingerprint density at radius 3 is 2.41 bits per heavy atom. The number of hydrogen-bond acceptors (Lipinski definition) is 3. The molecule has 126 valence electrons. The van der Waals surface area contributed by atoms with Crippen LogP contribution >= 0.6 is 0 Å². The minimum absolute atomic E-state index is 0.0475. The molecule has 0 heterocycles. The zero-order valence-electron chi connectivity index (χ0n) is 14.9. The topological polar surface area (TPSA) is 49.7 Å². The molecular formula is C19H33NO2. The summed E-state index contributed by atoms with van der Waals surface area (Å²) in [7, 11) is 0. The molecule has 0 spiro atoms. The molecule has 0 unspecified atom stereocenters. The molecule has 0 aromatic heterocycles. The average molecular weight is 307 g/mol. The van der Waals surface area contributed by atoms with Crippen LogP contribution in [-0.2, 0) is 4.79 Å². The van der Waals surface area contributed by atoms with E-state index in [9.17, 15) is 9.90 Å². The van der Waals surface area contributed by atoms with Gasteiger partial charge in [-0.05, 0) is 24.7 Å². The van der Waals surface area contributed by atoms with Crippen LogP contribution in [0.2, 0.25) is 0 Å². The van der Waals surface area contributed by atoms with Gasteiger partial charge in [0, 0.05) is 25.1 Å². The molecule has 1 aliphatic carbocycles. The van der Waals surface area contributed by atoms with Crippen molar-refractivity contribution in [2.45, 2.75) is 85.5 Å². The molecule has 0 aliphatic heterocycles. The fourth-order valence-corrected chi connectivity index (χ4v) is 3.04. The highest BCUT2D eigenvalue weighted by Crippen LogP contribution is 2.35. The van der Waals surface area contributed by atoms with Crippen LogP contribution in [-0.4, -0.2) is 23.1 Å². The summed E-state index contributed by atoms with van der Waals surface area (Å²) in [5.41, 5.74) is 1.31. The van der Waals surface area contributed by atoms with Crippen LogP contribution < -0.4 is 0 Å². The van der Waals surface area contributed by atoms with Gasteiger partial charge in [0.15, 0.2) is 5.78 Å². The van der Waals surface area contributed by atoms with Crippen LogP contribution in [0.25, 0.3) is 0 Å². The number of allylic oxidation sites excluding steroid dienone is 2. The number of aliphatic imine (C=N–C) groups is 1. The summed E-state index contributed by atoms with van der Waals surface area (Å²) in [5.74, 6) is 0.305. The van der Waals surface area contributed by atoms with Gasteiger partial charge >= 0.3 is 0 Å². The van der Waals surface area contributed by atoms with Crippen LogP contribution in [0.4, 0.5) is 0 Å². The van der Waals surface area contributed by atoms with Crippen molar-refractivity contribution in [1.82, 2.24) is 0 Å². The van der Waals surface area contributed by atoms with Crippen molar-refractivity contribution in [3.8, 4) is 0 Å². The first kappa shape index (κ1) is 18.9. The minimum Gasteiger partial charge on any atom is -0.511 e. The summed E-state index contributed by atoms with van der Waals surface area (Å²) < 4.78 is 0. The first-order valence-corrected chi connectivity index (χ1v) is 8.90. The van der Waals surface area contributed by atoms with E-state index in [1.54, 1.807) is 0 Å². The maximum absolute atomic E-state index is 12.4. The Morgan fingerprint density at radius 1 is 1.09 bits per heavy atom. The molecule has 0 saturated heterocycles. The van der Waals surface area contributed by atoms with Gasteiger partial charge in [-0.1, -0.05) is 53.4 Å². The Kier molecular flexibility index (Phi) is 7.84. The Bertz CT molecular complexity index is 433. The van der Waals surface area contributed by atoms with E-state index in [4.69, 9.17) is 0 Å². The highest BCUT2D eigenvalue weighted by Gasteiger charge is 2.35. The molecule has 1 saturated carbocycles. The molecule has 0 bridgehead atoms. The fourth-order valence-electron chi connectivity index (χ4n) is 3.04. The molecule has 0 atom stereocenters. The van der Waals surface area contributed by atoms with Gasteiger partial charge in [-0.15, -0.1) is 0 Å². The molecule has 1 N–H and O–H groups in total. The monoisotopic (exact) mass is 307 g/mol. The molecule has 22 heavy (non-hydrogen) atoms. The lowest BCUT2D eigenvalue weighted by molar-refractivity contribution is -0.117. The molecular weight excluding hydrogens is 274 g/mol. The van der Waals surface area contributed by atoms with Gasteiger partial charge < -0.3 is 5.11 Å². The van der Waals surface area contributed by atoms with Crippen LogP contribution in [0.3, 0.4) is 0 Å². The van der Waals surface area contributed by atoms with Gasteiger partial charge in [0.2, 0.25) is 0 Å². The SMILES string of the molecule is CCCCCCCN=C1CC(C)(C)CC(=O)/C1=C(\O)CCC. The first-order chi connectivity index (χ1) is 10.4. The summed E-state index contributed by atoms with van der Waals surface area (Å²) in [5, 5.41) is 10.2. The number of Topliss-reactive ketones (excluding diaryl/α,β-unsaturated/α-hetero) is 1. The molecule has 0 aromatic carbocycles. The van der Waals surface area contributed by atoms with Crippen molar-refractivity contribution < 1.29 is 9.90 Å². The maximum atomic E-state index is 12.4. The summed E-state index contributed by atoms with van der Waals surface area (Å²) in [6.45, 7) is 9.21. The fraction of sp³-hybridized carbons (Fsp3) is 0.789. The molecule has 0 amide bonds. The molecule has 3 nitrogen and oxygen atoms in total. The molecule has 1 aliphatic rings. The number of ketones is 1. The summed E-state index contributed by atoms with van der Waals surface area (Å²) in [6.07, 6.45) is 8.76. The highest BCUT2D eigenvalue weighted by atomic mass is 16.3. The number of aliphatic hydroxyl groups excluding tert-OH is 1. The normalized spacial score (nSPS) is 22.2. The second-order valence-corrected chi connectivity index (χ2v) is 7.26. The van der Waals surface area contributed by atoms with E-state index in [0.717, 1.165) is 31.5 Å². The van der Waals surface area contributed by atoms with Crippen molar-refractivity contribution in [3.63, 3.8) is 0 Å². The van der Waals surface area contributed by atoms with Crippen molar-refractivity contribution >= 4 is 11.5 Å². The van der Waals surface area contributed by atoms with E-state index < -0.39 is 0 Å². The standard InChI is InChI=1S/C19H33NO2/c1-5-7-8-9-10-12-20-15-13-19(3,4)14-17(22)18(15)16(21)11-6-2/h21H,5-14H2,1-4H3/b18-16-,20-15?. The zero-order valence-corrected chi connectivity index (χ0v) is 14.9. The zero-order chi connectivity index (χ0) is 16.6. The Morgan fingerprint density at radius 2 is 1.77 bits per heavy atom. The molecule has 1 fully saturated rings. The number of carbonyl (C=O) groups is 1. The van der Waals surface area contributed by atoms with E-state index >= 15 is 0 Å². The van der Waals surface area contributed by atoms with Crippen LogP contribution in [0.1, 0.15) is 85.5 Å². The third-order valence-electron chi connectivity index (χ3n) is 4.19. The van der Waals surface area contributed by atoms with Crippen molar-refractivity contribution in [2.24, 2.45) is 10.4 Å². The number of rotatable bonds is 8. The predicted molar refractivity (Wildman–Crippen MR) is 93.6 cm³/mol. The lowest BCUT2D eigenvalue weighted by Crippen LogP contribution is -2.32. The number of nitrogens with zero attached hydrogens (tertiary/aromatic N) is 1. The van der Waals surface area contributed by atoms with Crippen LogP contribution in [0.5, 0.6) is 0 Å². The summed E-state index contributed by atoms with van der Waals surface area (Å²) in [4.78, 5) is 17.1. The lowest BCUT2D eigenvalue weighted by atomic mass is 9.73. The molecule has 3 heteroatoms. The Hall–Kier alpha value is -1.12. The number of carbonyl (C=O) groups excluding carboxylic acids is 1. The van der Waals surface area contributed by atoms with Gasteiger partial charge in [-0.3, -0.25) is 9.79 Å². The van der Waals surface area contributed by atoms with Crippen molar-refractivity contribution in [2.75, 3.05) is 6.54 Å². The third-order valence-corrected chi connectivity index (χ3v) is 4.19. The van der Waals surface area contributed by atoms with E-state index in [1.807, 2.05) is 6.92 Å². The largest absolute Gasteiger partial charge is 0.511 e. The quantitative estimate of drug-likeness (QED) is 0.371. The van der Waals surface area contributed by atoms with Gasteiger partial charge in [-0.2, -0.15) is 0 Å². The third kappa shape index (κ3) is 5.94. The maximum Gasteiger partial charge on any atom is 0.168 e. The summed E-state index contributed by atoms with van der Waals surface area (Å²) >= 11 is 0. The Balaban J connectivity index is 2.79. The van der Waals surface area contributed by atoms with Gasteiger partial charge in [0.05, 0.1) is 5.57 Å². The van der Waals surface area contributed by atoms with E-state index in [-0.39, 0.29) is 17.0 Å². The molecule has 0 radical (unpaired) electrons. The molecule has 0 aromatic rings. The second kappa shape index (κ2) is 9.12. The average Bonchev–Trinajstić information content (AvgIpc) is 2.41. The number of aliphatic hydroxyl groups is 1. The summed E-state index contributed by atoms with van der Waals surface area (Å²) in [6, 6.07) is 0. The van der Waals surface area contributed by atoms with E-state index in [0.29, 0.717) is 18.4 Å². The second-order valence-electron chi connectivity index (χ2n) is 7.26. The van der Waals surface area contributed by atoms with Gasteiger partial charge in [-0.25, -0.2) is 0 Å². The predicted octanol–water partition coefficient (Wildman–Crippen LogP) is 5.40. The first-order valence-electron chi connectivity index (χ1n) is 8.90.